The van der Waals surface area contributed by atoms with Crippen molar-refractivity contribution >= 4 is 0 Å². The highest BCUT2D eigenvalue weighted by Crippen LogP contribution is 2.34. The fraction of sp³-hybridized carbons (Fsp3) is 0.727. The highest BCUT2D eigenvalue weighted by molar-refractivity contribution is 5.27. The number of ether oxygens (including phenoxy) is 2. The lowest BCUT2D eigenvalue weighted by molar-refractivity contribution is 0.00332. The fourth-order valence-corrected chi connectivity index (χ4v) is 2.18. The molecule has 1 aromatic heterocycles. The summed E-state index contributed by atoms with van der Waals surface area (Å²) in [5.41, 5.74) is 0.759. The van der Waals surface area contributed by atoms with Crippen molar-refractivity contribution in [3.8, 4) is 5.75 Å². The summed E-state index contributed by atoms with van der Waals surface area (Å²) < 4.78 is 12.2. The van der Waals surface area contributed by atoms with Crippen LogP contribution in [0.5, 0.6) is 5.75 Å². The quantitative estimate of drug-likeness (QED) is 0.831. The Morgan fingerprint density at radius 2 is 2.25 bits per heavy atom. The van der Waals surface area contributed by atoms with Gasteiger partial charge in [-0.2, -0.15) is 5.10 Å². The molecule has 2 heterocycles. The summed E-state index contributed by atoms with van der Waals surface area (Å²) in [4.78, 5) is 0. The van der Waals surface area contributed by atoms with E-state index in [0.29, 0.717) is 5.75 Å². The van der Waals surface area contributed by atoms with Gasteiger partial charge < -0.3 is 14.6 Å². The third kappa shape index (κ3) is 2.05. The van der Waals surface area contributed by atoms with Crippen molar-refractivity contribution in [3.63, 3.8) is 0 Å². The van der Waals surface area contributed by atoms with Crippen LogP contribution in [0.4, 0.5) is 0 Å². The number of aliphatic hydroxyl groups is 1. The van der Waals surface area contributed by atoms with Gasteiger partial charge in [0.2, 0.25) is 0 Å². The van der Waals surface area contributed by atoms with Gasteiger partial charge in [-0.3, -0.25) is 4.68 Å². The summed E-state index contributed by atoms with van der Waals surface area (Å²) in [6, 6.07) is 0. The molecule has 1 aliphatic heterocycles. The van der Waals surface area contributed by atoms with Gasteiger partial charge in [-0.15, -0.1) is 0 Å². The SMILES string of the molecule is COc1cnn(C)c1C(O)C1CCOCC1. The molecule has 2 rings (SSSR count). The van der Waals surface area contributed by atoms with Crippen molar-refractivity contribution in [3.05, 3.63) is 11.9 Å². The molecule has 1 atom stereocenters. The van der Waals surface area contributed by atoms with E-state index in [1.54, 1.807) is 18.0 Å². The highest BCUT2D eigenvalue weighted by Gasteiger charge is 2.28. The third-order valence-corrected chi connectivity index (χ3v) is 3.16. The molecule has 5 nitrogen and oxygen atoms in total. The molecule has 1 saturated heterocycles. The largest absolute Gasteiger partial charge is 0.493 e. The van der Waals surface area contributed by atoms with Gasteiger partial charge in [0.1, 0.15) is 11.8 Å². The molecule has 0 spiro atoms. The molecule has 16 heavy (non-hydrogen) atoms. The van der Waals surface area contributed by atoms with Crippen molar-refractivity contribution in [1.82, 2.24) is 9.78 Å². The Hall–Kier alpha value is -1.07. The van der Waals surface area contributed by atoms with Crippen LogP contribution in [-0.2, 0) is 11.8 Å². The first-order valence-corrected chi connectivity index (χ1v) is 5.55. The van der Waals surface area contributed by atoms with E-state index in [0.717, 1.165) is 31.7 Å². The Morgan fingerprint density at radius 3 is 2.88 bits per heavy atom. The Labute approximate surface area is 95.0 Å². The van der Waals surface area contributed by atoms with E-state index in [1.165, 1.54) is 0 Å². The monoisotopic (exact) mass is 226 g/mol. The Bertz CT molecular complexity index is 345. The van der Waals surface area contributed by atoms with Gasteiger partial charge in [-0.1, -0.05) is 0 Å². The van der Waals surface area contributed by atoms with Gasteiger partial charge in [0, 0.05) is 20.3 Å². The van der Waals surface area contributed by atoms with Gasteiger partial charge in [0.05, 0.1) is 13.3 Å². The van der Waals surface area contributed by atoms with E-state index in [-0.39, 0.29) is 5.92 Å². The Balaban J connectivity index is 2.18. The van der Waals surface area contributed by atoms with Crippen molar-refractivity contribution in [2.45, 2.75) is 18.9 Å². The average Bonchev–Trinajstić information content (AvgIpc) is 2.70. The number of aryl methyl sites for hydroxylation is 1. The van der Waals surface area contributed by atoms with Gasteiger partial charge in [0.25, 0.3) is 0 Å². The fourth-order valence-electron chi connectivity index (χ4n) is 2.18. The molecule has 0 saturated carbocycles. The molecule has 0 bridgehead atoms. The summed E-state index contributed by atoms with van der Waals surface area (Å²) in [7, 11) is 3.41. The molecule has 0 aliphatic carbocycles. The number of hydrogen-bond acceptors (Lipinski definition) is 4. The van der Waals surface area contributed by atoms with Gasteiger partial charge >= 0.3 is 0 Å². The maximum Gasteiger partial charge on any atom is 0.162 e. The second-order valence-corrected chi connectivity index (χ2v) is 4.12. The topological polar surface area (TPSA) is 56.5 Å². The zero-order valence-electron chi connectivity index (χ0n) is 9.72. The van der Waals surface area contributed by atoms with Crippen LogP contribution in [0, 0.1) is 5.92 Å². The lowest BCUT2D eigenvalue weighted by Crippen LogP contribution is -2.23. The summed E-state index contributed by atoms with van der Waals surface area (Å²) in [6.07, 6.45) is 2.88. The van der Waals surface area contributed by atoms with E-state index < -0.39 is 6.10 Å². The van der Waals surface area contributed by atoms with E-state index in [2.05, 4.69) is 5.10 Å². The number of methoxy groups -OCH3 is 1. The Morgan fingerprint density at radius 1 is 1.56 bits per heavy atom. The molecule has 1 aliphatic rings. The molecule has 0 amide bonds. The number of aromatic nitrogens is 2. The van der Waals surface area contributed by atoms with E-state index in [1.807, 2.05) is 7.05 Å². The predicted molar refractivity (Wildman–Crippen MR) is 58.3 cm³/mol. The van der Waals surface area contributed by atoms with Crippen LogP contribution in [0.1, 0.15) is 24.6 Å². The van der Waals surface area contributed by atoms with Crippen LogP contribution in [0.2, 0.25) is 0 Å². The second-order valence-electron chi connectivity index (χ2n) is 4.12. The molecule has 0 aromatic carbocycles. The zero-order valence-corrected chi connectivity index (χ0v) is 9.72. The smallest absolute Gasteiger partial charge is 0.162 e. The van der Waals surface area contributed by atoms with Crippen LogP contribution < -0.4 is 4.74 Å². The van der Waals surface area contributed by atoms with Crippen LogP contribution in [0.15, 0.2) is 6.20 Å². The van der Waals surface area contributed by atoms with E-state index in [4.69, 9.17) is 9.47 Å². The first-order chi connectivity index (χ1) is 7.74. The first kappa shape index (κ1) is 11.4. The molecule has 90 valence electrons. The first-order valence-electron chi connectivity index (χ1n) is 5.55. The molecule has 5 heteroatoms. The standard InChI is InChI=1S/C11H18N2O3/c1-13-10(9(15-2)7-12-13)11(14)8-3-5-16-6-4-8/h7-8,11,14H,3-6H2,1-2H3. The molecular formula is C11H18N2O3. The number of aliphatic hydroxyl groups excluding tert-OH is 1. The molecule has 1 fully saturated rings. The second kappa shape index (κ2) is 4.84. The lowest BCUT2D eigenvalue weighted by atomic mass is 9.92. The van der Waals surface area contributed by atoms with E-state index in [9.17, 15) is 5.11 Å². The van der Waals surface area contributed by atoms with Crippen molar-refractivity contribution in [2.24, 2.45) is 13.0 Å². The molecular weight excluding hydrogens is 208 g/mol. The van der Waals surface area contributed by atoms with Crippen LogP contribution >= 0.6 is 0 Å². The molecule has 1 N–H and O–H groups in total. The summed E-state index contributed by atoms with van der Waals surface area (Å²) >= 11 is 0. The van der Waals surface area contributed by atoms with Crippen molar-refractivity contribution < 1.29 is 14.6 Å². The van der Waals surface area contributed by atoms with Crippen LogP contribution in [-0.4, -0.2) is 35.2 Å². The van der Waals surface area contributed by atoms with E-state index >= 15 is 0 Å². The Kier molecular flexibility index (Phi) is 3.46. The molecule has 0 radical (unpaired) electrons. The van der Waals surface area contributed by atoms with Gasteiger partial charge in [-0.05, 0) is 18.8 Å². The number of rotatable bonds is 3. The summed E-state index contributed by atoms with van der Waals surface area (Å²) in [5, 5.41) is 14.4. The maximum atomic E-state index is 10.3. The number of hydrogen-bond donors (Lipinski definition) is 1. The minimum absolute atomic E-state index is 0.234. The zero-order chi connectivity index (χ0) is 11.5. The predicted octanol–water partition coefficient (Wildman–Crippen LogP) is 0.889. The molecule has 1 aromatic rings. The van der Waals surface area contributed by atoms with Crippen molar-refractivity contribution in [1.29, 1.82) is 0 Å². The van der Waals surface area contributed by atoms with Gasteiger partial charge in [0.15, 0.2) is 5.75 Å². The van der Waals surface area contributed by atoms with Gasteiger partial charge in [-0.25, -0.2) is 0 Å². The minimum Gasteiger partial charge on any atom is -0.493 e. The number of nitrogens with zero attached hydrogens (tertiary/aromatic N) is 2. The van der Waals surface area contributed by atoms with Crippen LogP contribution in [0.25, 0.3) is 0 Å². The lowest BCUT2D eigenvalue weighted by Gasteiger charge is -2.27. The average molecular weight is 226 g/mol. The highest BCUT2D eigenvalue weighted by atomic mass is 16.5. The summed E-state index contributed by atoms with van der Waals surface area (Å²) in [6.45, 7) is 1.45. The third-order valence-electron chi connectivity index (χ3n) is 3.16. The van der Waals surface area contributed by atoms with Crippen molar-refractivity contribution in [2.75, 3.05) is 20.3 Å². The summed E-state index contributed by atoms with van der Waals surface area (Å²) in [5.74, 6) is 0.888. The maximum absolute atomic E-state index is 10.3. The normalized spacial score (nSPS) is 19.7. The van der Waals surface area contributed by atoms with Crippen LogP contribution in [0.3, 0.4) is 0 Å². The minimum atomic E-state index is -0.522. The molecule has 1 unspecified atom stereocenters.